The molecular weight excluding hydrogens is 1060 g/mol. The smallest absolute Gasteiger partial charge is 0.123 e. The molecule has 0 saturated heterocycles. The van der Waals surface area contributed by atoms with Crippen molar-refractivity contribution in [2.24, 2.45) is 0 Å². The molecule has 1 aromatic rings. The number of rotatable bonds is 6. The fraction of sp³-hybridized carbons (Fsp3) is 0.857. The summed E-state index contributed by atoms with van der Waals surface area (Å²) in [5.74, 6) is -0.178. The van der Waals surface area contributed by atoms with Gasteiger partial charge in [0.05, 0.1) is 0 Å². The molecule has 0 unspecified atom stereocenters. The SMILES string of the molecule is C1CCC(P(C2CCCCC2)C2CCCCC2)CC1.C1CCC(P(C2CCCCC2)C2CCCCC2)CC1.Fc1ccccc1.[Cl-].[Cl-].[Pb].[Pt]. The summed E-state index contributed by atoms with van der Waals surface area (Å²) in [6, 6.07) is 7.94. The Bertz CT molecular complexity index is 740. The number of benzene rings is 1. The van der Waals surface area contributed by atoms with E-state index in [1.54, 1.807) is 172 Å². The average Bonchev–Trinajstić information content (AvgIpc) is 3.12. The molecule has 0 nitrogen and oxygen atoms in total. The van der Waals surface area contributed by atoms with Crippen LogP contribution in [0.3, 0.4) is 0 Å². The Morgan fingerprint density at radius 2 is 0.531 bits per heavy atom. The second kappa shape index (κ2) is 29.5. The zero-order chi connectivity index (χ0) is 30.9. The number of hydrogen-bond donors (Lipinski definition) is 0. The molecule has 0 bridgehead atoms. The molecule has 6 saturated carbocycles. The van der Waals surface area contributed by atoms with Crippen molar-refractivity contribution in [1.29, 1.82) is 0 Å². The number of hydrogen-bond acceptors (Lipinski definition) is 0. The zero-order valence-corrected chi connectivity index (χ0v) is 40.4. The van der Waals surface area contributed by atoms with Gasteiger partial charge in [0.2, 0.25) is 0 Å². The van der Waals surface area contributed by atoms with Crippen LogP contribution in [0.25, 0.3) is 0 Å². The summed E-state index contributed by atoms with van der Waals surface area (Å²) >= 11 is 0. The summed E-state index contributed by atoms with van der Waals surface area (Å²) in [4.78, 5) is 0. The Balaban J connectivity index is 0.000000384. The van der Waals surface area contributed by atoms with Crippen LogP contribution in [0.4, 0.5) is 4.39 Å². The fourth-order valence-electron chi connectivity index (χ4n) is 10.5. The Morgan fingerprint density at radius 3 is 0.673 bits per heavy atom. The van der Waals surface area contributed by atoms with E-state index >= 15 is 0 Å². The largest absolute Gasteiger partial charge is 1.00 e. The summed E-state index contributed by atoms with van der Waals surface area (Å²) < 4.78 is 11.9. The maximum Gasteiger partial charge on any atom is 0.123 e. The second-order valence-electron chi connectivity index (χ2n) is 15.9. The van der Waals surface area contributed by atoms with Gasteiger partial charge in [0.15, 0.2) is 0 Å². The third-order valence-corrected chi connectivity index (χ3v) is 20.9. The minimum absolute atomic E-state index is 0. The van der Waals surface area contributed by atoms with Crippen molar-refractivity contribution in [3.8, 4) is 0 Å². The van der Waals surface area contributed by atoms with E-state index in [0.29, 0.717) is 15.8 Å². The Morgan fingerprint density at radius 1 is 0.347 bits per heavy atom. The van der Waals surface area contributed by atoms with Crippen LogP contribution >= 0.6 is 15.8 Å². The van der Waals surface area contributed by atoms with Gasteiger partial charge in [-0.25, -0.2) is 4.39 Å². The first-order chi connectivity index (χ1) is 22.3. The van der Waals surface area contributed by atoms with Crippen LogP contribution in [-0.4, -0.2) is 61.3 Å². The van der Waals surface area contributed by atoms with Crippen LogP contribution in [0.15, 0.2) is 30.3 Å². The third-order valence-electron chi connectivity index (χ3n) is 12.7. The normalized spacial score (nSPS) is 23.7. The molecule has 0 atom stereocenters. The summed E-state index contributed by atoms with van der Waals surface area (Å²) in [7, 11) is 0.770. The summed E-state index contributed by atoms with van der Waals surface area (Å²) in [6.07, 6.45) is 47.2. The van der Waals surface area contributed by atoms with E-state index in [-0.39, 0.29) is 79.0 Å². The van der Waals surface area contributed by atoms with Gasteiger partial charge < -0.3 is 24.8 Å². The molecule has 4 radical (unpaired) electrons. The molecule has 0 N–H and O–H groups in total. The van der Waals surface area contributed by atoms with Crippen LogP contribution in [-0.2, 0) is 21.1 Å². The van der Waals surface area contributed by atoms with Gasteiger partial charge in [-0.3, -0.25) is 0 Å². The third kappa shape index (κ3) is 17.3. The molecule has 6 aliphatic carbocycles. The summed E-state index contributed by atoms with van der Waals surface area (Å²) in [5, 5.41) is 0. The van der Waals surface area contributed by atoms with E-state index in [2.05, 4.69) is 0 Å². The molecule has 0 spiro atoms. The van der Waals surface area contributed by atoms with Crippen molar-refractivity contribution in [2.45, 2.75) is 227 Å². The van der Waals surface area contributed by atoms with Gasteiger partial charge in [0.1, 0.15) is 5.82 Å². The summed E-state index contributed by atoms with van der Waals surface area (Å²) in [6.45, 7) is 0. The minimum atomic E-state index is -0.178. The Labute approximate surface area is 353 Å². The van der Waals surface area contributed by atoms with Crippen LogP contribution in [0, 0.1) is 5.82 Å². The average molecular weight is 1130 g/mol. The van der Waals surface area contributed by atoms with Crippen molar-refractivity contribution in [3.63, 3.8) is 0 Å². The molecule has 7 rings (SSSR count). The van der Waals surface area contributed by atoms with E-state index in [0.717, 1.165) is 0 Å². The topological polar surface area (TPSA) is 0 Å². The summed E-state index contributed by atoms with van der Waals surface area (Å²) in [5.41, 5.74) is 7.14. The molecule has 0 aliphatic heterocycles. The predicted molar refractivity (Wildman–Crippen MR) is 207 cm³/mol. The van der Waals surface area contributed by atoms with E-state index in [4.69, 9.17) is 0 Å². The Kier molecular flexibility index (Phi) is 29.6. The van der Waals surface area contributed by atoms with E-state index in [1.165, 1.54) is 84.6 Å². The molecule has 0 aromatic heterocycles. The monoisotopic (exact) mass is 1130 g/mol. The van der Waals surface area contributed by atoms with Crippen molar-refractivity contribution >= 4 is 43.1 Å². The van der Waals surface area contributed by atoms with Gasteiger partial charge >= 0.3 is 0 Å². The molecule has 6 aliphatic rings. The first-order valence-corrected chi connectivity index (χ1v) is 23.6. The van der Waals surface area contributed by atoms with Crippen LogP contribution in [0.1, 0.15) is 193 Å². The zero-order valence-electron chi connectivity index (χ0n) is 30.9. The van der Waals surface area contributed by atoms with Gasteiger partial charge in [-0.2, -0.15) is 0 Å². The van der Waals surface area contributed by atoms with E-state index < -0.39 is 0 Å². The predicted octanol–water partition coefficient (Wildman–Crippen LogP) is 8.38. The maximum absolute atomic E-state index is 11.9. The Hall–Kier alpha value is 2.20. The van der Waals surface area contributed by atoms with Gasteiger partial charge in [-0.15, -0.1) is 0 Å². The van der Waals surface area contributed by atoms with Gasteiger partial charge in [0, 0.05) is 48.4 Å². The maximum atomic E-state index is 11.9. The molecule has 6 fully saturated rings. The van der Waals surface area contributed by atoms with Crippen molar-refractivity contribution in [2.75, 3.05) is 0 Å². The van der Waals surface area contributed by atoms with Crippen molar-refractivity contribution in [1.82, 2.24) is 0 Å². The van der Waals surface area contributed by atoms with Crippen molar-refractivity contribution in [3.05, 3.63) is 36.1 Å². The first kappa shape index (κ1) is 49.2. The van der Waals surface area contributed by atoms with Gasteiger partial charge in [-0.1, -0.05) is 150 Å². The van der Waals surface area contributed by atoms with Crippen LogP contribution in [0.2, 0.25) is 0 Å². The standard InChI is InChI=1S/2C18H33P.C6H5F.2ClH.Pb.Pt/c2*1-4-10-16(11-5-1)19(17-12-6-2-7-13-17)18-14-8-3-9-15-18;7-6-4-2-1-3-5-6;;;;/h2*16-18H,1-15H2;1-5H;2*1H;;/p-2. The first-order valence-electron chi connectivity index (χ1n) is 20.5. The van der Waals surface area contributed by atoms with Gasteiger partial charge in [0.25, 0.3) is 0 Å². The van der Waals surface area contributed by atoms with E-state index in [9.17, 15) is 4.39 Å². The molecule has 0 heterocycles. The van der Waals surface area contributed by atoms with Crippen LogP contribution < -0.4 is 24.8 Å². The second-order valence-corrected chi connectivity index (χ2v) is 22.1. The van der Waals surface area contributed by atoms with E-state index in [1.807, 2.05) is 0 Å². The number of halogens is 3. The minimum Gasteiger partial charge on any atom is -1.00 e. The van der Waals surface area contributed by atoms with Crippen LogP contribution in [0.5, 0.6) is 0 Å². The van der Waals surface area contributed by atoms with Crippen molar-refractivity contribution < 1.29 is 50.3 Å². The van der Waals surface area contributed by atoms with Gasteiger partial charge in [-0.05, 0) is 123 Å². The quantitative estimate of drug-likeness (QED) is 0.199. The molecule has 7 heteroatoms. The molecule has 1 aromatic carbocycles. The molecular formula is C42H71Cl2FP2PbPt-2. The molecule has 0 amide bonds. The fourth-order valence-corrected chi connectivity index (χ4v) is 19.8. The molecule has 49 heavy (non-hydrogen) atoms. The molecule has 286 valence electrons.